The summed E-state index contributed by atoms with van der Waals surface area (Å²) in [6.07, 6.45) is 2.74. The Morgan fingerprint density at radius 1 is 1.06 bits per heavy atom. The van der Waals surface area contributed by atoms with Crippen LogP contribution in [-0.2, 0) is 10.2 Å². The normalized spacial score (nSPS) is 27.5. The first-order valence-electron chi connectivity index (χ1n) is 13.1. The molecular formula is C31H33ClN2O2. The predicted molar refractivity (Wildman–Crippen MR) is 144 cm³/mol. The maximum absolute atomic E-state index is 14.5. The first-order chi connectivity index (χ1) is 17.6. The van der Waals surface area contributed by atoms with Gasteiger partial charge in [-0.15, -0.1) is 0 Å². The number of halogens is 1. The predicted octanol–water partition coefficient (Wildman–Crippen LogP) is 6.04. The maximum atomic E-state index is 14.5. The first kappa shape index (κ1) is 23.6. The fourth-order valence-corrected chi connectivity index (χ4v) is 6.88. The molecular weight excluding hydrogens is 468 g/mol. The van der Waals surface area contributed by atoms with Crippen LogP contribution in [0, 0.1) is 12.8 Å². The lowest BCUT2D eigenvalue weighted by Gasteiger charge is -2.45. The van der Waals surface area contributed by atoms with E-state index in [1.807, 2.05) is 19.1 Å². The zero-order valence-corrected chi connectivity index (χ0v) is 21.5. The molecule has 6 rings (SSSR count). The van der Waals surface area contributed by atoms with Crippen molar-refractivity contribution < 1.29 is 9.53 Å². The van der Waals surface area contributed by atoms with Crippen molar-refractivity contribution in [3.8, 4) is 5.75 Å². The van der Waals surface area contributed by atoms with Gasteiger partial charge in [0.1, 0.15) is 5.75 Å². The molecule has 3 aromatic carbocycles. The van der Waals surface area contributed by atoms with Gasteiger partial charge in [-0.3, -0.25) is 4.79 Å². The summed E-state index contributed by atoms with van der Waals surface area (Å²) in [4.78, 5) is 16.7. The lowest BCUT2D eigenvalue weighted by molar-refractivity contribution is -0.141. The van der Waals surface area contributed by atoms with Gasteiger partial charge in [-0.25, -0.2) is 0 Å². The van der Waals surface area contributed by atoms with Crippen molar-refractivity contribution >= 4 is 17.5 Å². The highest BCUT2D eigenvalue weighted by molar-refractivity contribution is 6.31. The van der Waals surface area contributed by atoms with Gasteiger partial charge in [0.2, 0.25) is 5.91 Å². The van der Waals surface area contributed by atoms with Gasteiger partial charge in [0.15, 0.2) is 0 Å². The van der Waals surface area contributed by atoms with Crippen molar-refractivity contribution in [1.82, 2.24) is 10.2 Å². The number of hydrogen-bond donors (Lipinski definition) is 1. The van der Waals surface area contributed by atoms with Crippen molar-refractivity contribution in [2.24, 2.45) is 5.92 Å². The molecule has 4 atom stereocenters. The van der Waals surface area contributed by atoms with Crippen molar-refractivity contribution in [2.75, 3.05) is 26.2 Å². The average Bonchev–Trinajstić information content (AvgIpc) is 3.34. The van der Waals surface area contributed by atoms with Crippen LogP contribution >= 0.6 is 11.6 Å². The van der Waals surface area contributed by atoms with Crippen LogP contribution in [-0.4, -0.2) is 37.0 Å². The van der Waals surface area contributed by atoms with E-state index in [4.69, 9.17) is 16.3 Å². The number of benzene rings is 3. The van der Waals surface area contributed by atoms with Crippen LogP contribution in [0.15, 0.2) is 72.8 Å². The average molecular weight is 501 g/mol. The lowest BCUT2D eigenvalue weighted by Crippen LogP contribution is -2.50. The van der Waals surface area contributed by atoms with Crippen molar-refractivity contribution in [3.05, 3.63) is 100 Å². The number of fused-ring (bicyclic) bond motifs is 2. The summed E-state index contributed by atoms with van der Waals surface area (Å²) in [5.41, 5.74) is 4.39. The van der Waals surface area contributed by atoms with E-state index in [1.54, 1.807) is 0 Å². The zero-order chi connectivity index (χ0) is 24.7. The molecule has 1 N–H and O–H groups in total. The molecule has 2 saturated heterocycles. The van der Waals surface area contributed by atoms with E-state index in [9.17, 15) is 4.79 Å². The van der Waals surface area contributed by atoms with Gasteiger partial charge >= 0.3 is 0 Å². The molecule has 0 bridgehead atoms. The minimum Gasteiger partial charge on any atom is -0.493 e. The van der Waals surface area contributed by atoms with Crippen LogP contribution in [0.4, 0.5) is 0 Å². The van der Waals surface area contributed by atoms with E-state index >= 15 is 0 Å². The summed E-state index contributed by atoms with van der Waals surface area (Å²) in [6.45, 7) is 4.85. The molecule has 1 amide bonds. The van der Waals surface area contributed by atoms with E-state index in [0.717, 1.165) is 54.3 Å². The number of amides is 1. The number of nitrogens with zero attached hydrogens (tertiary/aromatic N) is 1. The molecule has 0 radical (unpaired) electrons. The molecule has 0 saturated carbocycles. The van der Waals surface area contributed by atoms with Crippen LogP contribution in [0.1, 0.15) is 53.5 Å². The number of hydrogen-bond acceptors (Lipinski definition) is 3. The van der Waals surface area contributed by atoms with Gasteiger partial charge in [-0.1, -0.05) is 72.3 Å². The Kier molecular flexibility index (Phi) is 6.27. The van der Waals surface area contributed by atoms with Gasteiger partial charge in [-0.05, 0) is 60.9 Å². The van der Waals surface area contributed by atoms with Gasteiger partial charge in [0.25, 0.3) is 0 Å². The van der Waals surface area contributed by atoms with Crippen molar-refractivity contribution in [2.45, 2.75) is 43.6 Å². The second kappa shape index (κ2) is 9.57. The van der Waals surface area contributed by atoms with E-state index < -0.39 is 0 Å². The summed E-state index contributed by atoms with van der Waals surface area (Å²) in [5.74, 6) is 1.44. The van der Waals surface area contributed by atoms with Crippen LogP contribution in [0.5, 0.6) is 5.75 Å². The van der Waals surface area contributed by atoms with Gasteiger partial charge in [-0.2, -0.15) is 0 Å². The monoisotopic (exact) mass is 500 g/mol. The quantitative estimate of drug-likeness (QED) is 0.477. The van der Waals surface area contributed by atoms with Crippen molar-refractivity contribution in [3.63, 3.8) is 0 Å². The number of carbonyl (C=O) groups is 1. The molecule has 3 heterocycles. The van der Waals surface area contributed by atoms with Gasteiger partial charge in [0.05, 0.1) is 18.6 Å². The molecule has 3 aliphatic rings. The van der Waals surface area contributed by atoms with Crippen LogP contribution in [0.3, 0.4) is 0 Å². The molecule has 0 aromatic heterocycles. The fraction of sp³-hybridized carbons (Fsp3) is 0.387. The largest absolute Gasteiger partial charge is 0.493 e. The molecule has 3 aromatic rings. The summed E-state index contributed by atoms with van der Waals surface area (Å²) in [6, 6.07) is 25.5. The summed E-state index contributed by atoms with van der Waals surface area (Å²) in [7, 11) is 0. The maximum Gasteiger partial charge on any atom is 0.228 e. The topological polar surface area (TPSA) is 41.6 Å². The summed E-state index contributed by atoms with van der Waals surface area (Å²) >= 11 is 6.59. The third-order valence-corrected chi connectivity index (χ3v) is 9.11. The Bertz CT molecular complexity index is 1250. The van der Waals surface area contributed by atoms with E-state index in [2.05, 4.69) is 70.9 Å². The molecule has 2 fully saturated rings. The summed E-state index contributed by atoms with van der Waals surface area (Å²) < 4.78 is 6.06. The highest BCUT2D eigenvalue weighted by atomic mass is 35.5. The fourth-order valence-electron chi connectivity index (χ4n) is 6.72. The highest BCUT2D eigenvalue weighted by Crippen LogP contribution is 2.49. The molecule has 5 heteroatoms. The minimum absolute atomic E-state index is 0.0659. The molecule has 0 aliphatic carbocycles. The Hall–Kier alpha value is -2.82. The SMILES string of the molecule is Cc1cc2c(cc1Cl)C1(CCO2)CNCC1C(=O)N1CCC(c2ccccc2)CC1c1ccccc1. The van der Waals surface area contributed by atoms with E-state index in [1.165, 1.54) is 11.1 Å². The van der Waals surface area contributed by atoms with Crippen LogP contribution in [0.25, 0.3) is 0 Å². The zero-order valence-electron chi connectivity index (χ0n) is 20.8. The Balaban J connectivity index is 1.35. The molecule has 1 spiro atoms. The number of carbonyl (C=O) groups excluding carboxylic acids is 1. The summed E-state index contributed by atoms with van der Waals surface area (Å²) in [5, 5.41) is 4.31. The molecule has 3 aliphatic heterocycles. The second-order valence-electron chi connectivity index (χ2n) is 10.6. The minimum atomic E-state index is -0.292. The Morgan fingerprint density at radius 3 is 2.53 bits per heavy atom. The number of rotatable bonds is 3. The van der Waals surface area contributed by atoms with Crippen LogP contribution in [0.2, 0.25) is 5.02 Å². The van der Waals surface area contributed by atoms with Crippen molar-refractivity contribution in [1.29, 1.82) is 0 Å². The molecule has 36 heavy (non-hydrogen) atoms. The number of piperidine rings is 1. The number of likely N-dealkylation sites (tertiary alicyclic amines) is 1. The first-order valence-corrected chi connectivity index (χ1v) is 13.5. The van der Waals surface area contributed by atoms with E-state index in [0.29, 0.717) is 19.1 Å². The number of aryl methyl sites for hydroxylation is 1. The molecule has 186 valence electrons. The van der Waals surface area contributed by atoms with Gasteiger partial charge in [0, 0.05) is 35.6 Å². The second-order valence-corrected chi connectivity index (χ2v) is 11.0. The number of nitrogens with one attached hydrogen (secondary N) is 1. The highest BCUT2D eigenvalue weighted by Gasteiger charge is 2.53. The lowest BCUT2D eigenvalue weighted by atomic mass is 9.68. The number of ether oxygens (including phenoxy) is 1. The standard InChI is InChI=1S/C31H33ClN2O2/c1-21-16-29-25(18-27(21)32)31(13-15-36-29)20-33-19-26(31)30(35)34-14-12-24(22-8-4-2-5-9-22)17-28(34)23-10-6-3-7-11-23/h2-11,16,18,24,26,28,33H,12-15,17,19-20H2,1H3. The Labute approximate surface area is 218 Å². The molecule has 4 unspecified atom stereocenters. The Morgan fingerprint density at radius 2 is 1.78 bits per heavy atom. The third kappa shape index (κ3) is 4.01. The smallest absolute Gasteiger partial charge is 0.228 e. The molecule has 4 nitrogen and oxygen atoms in total. The van der Waals surface area contributed by atoms with Crippen LogP contribution < -0.4 is 10.1 Å². The van der Waals surface area contributed by atoms with E-state index in [-0.39, 0.29) is 23.3 Å². The van der Waals surface area contributed by atoms with Gasteiger partial charge < -0.3 is 15.0 Å². The third-order valence-electron chi connectivity index (χ3n) is 8.70.